The van der Waals surface area contributed by atoms with Gasteiger partial charge in [-0.25, -0.2) is 4.79 Å². The molecule has 1 aliphatic carbocycles. The standard InChI is InChI=1S/C37H45NO3/c1-22(2)25-17-32(23(3)4)35(33(18-25)24(5)6)37(40)19-26-15-16-27(20-37)38(26)36(39)41-21-34-30-13-9-7-11-28(30)29-12-8-10-14-31(29)34/h7-14,17-18,22-24,26-27,34,40H,15-16,19-21H2,1-6H3. The zero-order valence-corrected chi connectivity index (χ0v) is 25.5. The van der Waals surface area contributed by atoms with Gasteiger partial charge in [0.2, 0.25) is 0 Å². The van der Waals surface area contributed by atoms with Crippen LogP contribution in [-0.4, -0.2) is 34.8 Å². The maximum atomic E-state index is 13.7. The lowest BCUT2D eigenvalue weighted by atomic mass is 9.72. The first-order chi connectivity index (χ1) is 19.6. The summed E-state index contributed by atoms with van der Waals surface area (Å²) in [5.74, 6) is 1.10. The first-order valence-corrected chi connectivity index (χ1v) is 15.6. The minimum absolute atomic E-state index is 0.0146. The highest BCUT2D eigenvalue weighted by molar-refractivity contribution is 5.79. The molecule has 2 aliphatic heterocycles. The molecule has 216 valence electrons. The van der Waals surface area contributed by atoms with Crippen LogP contribution >= 0.6 is 0 Å². The zero-order valence-electron chi connectivity index (χ0n) is 25.5. The van der Waals surface area contributed by atoms with E-state index in [1.165, 1.54) is 38.9 Å². The molecule has 1 amide bonds. The number of piperidine rings is 1. The average Bonchev–Trinajstić information content (AvgIpc) is 3.42. The normalized spacial score (nSPS) is 23.4. The zero-order chi connectivity index (χ0) is 29.1. The predicted octanol–water partition coefficient (Wildman–Crippen LogP) is 8.82. The van der Waals surface area contributed by atoms with Crippen LogP contribution in [0.25, 0.3) is 11.1 Å². The first kappa shape index (κ1) is 28.0. The van der Waals surface area contributed by atoms with E-state index in [4.69, 9.17) is 4.74 Å². The Labute approximate surface area is 245 Å². The van der Waals surface area contributed by atoms with Crippen molar-refractivity contribution in [2.45, 2.75) is 109 Å². The summed E-state index contributed by atoms with van der Waals surface area (Å²) in [6.07, 6.45) is 2.72. The van der Waals surface area contributed by atoms with Gasteiger partial charge < -0.3 is 14.7 Å². The molecule has 2 fully saturated rings. The lowest BCUT2D eigenvalue weighted by molar-refractivity contribution is -0.0544. The molecule has 6 rings (SSSR count). The number of carbonyl (C=O) groups excluding carboxylic acids is 1. The number of rotatable bonds is 6. The molecule has 3 aromatic rings. The van der Waals surface area contributed by atoms with Gasteiger partial charge in [0.05, 0.1) is 5.60 Å². The fourth-order valence-corrected chi connectivity index (χ4v) is 7.89. The smallest absolute Gasteiger partial charge is 0.410 e. The molecular formula is C37H45NO3. The molecule has 1 N–H and O–H groups in total. The number of ether oxygens (including phenoxy) is 1. The van der Waals surface area contributed by atoms with E-state index >= 15 is 0 Å². The highest BCUT2D eigenvalue weighted by Crippen LogP contribution is 2.50. The number of aliphatic hydroxyl groups is 1. The number of hydrogen-bond acceptors (Lipinski definition) is 3. The van der Waals surface area contributed by atoms with Crippen LogP contribution in [0.4, 0.5) is 4.79 Å². The van der Waals surface area contributed by atoms with Gasteiger partial charge in [-0.15, -0.1) is 0 Å². The van der Waals surface area contributed by atoms with E-state index in [0.29, 0.717) is 37.2 Å². The Morgan fingerprint density at radius 3 is 1.78 bits per heavy atom. The molecule has 41 heavy (non-hydrogen) atoms. The van der Waals surface area contributed by atoms with Crippen LogP contribution in [-0.2, 0) is 10.3 Å². The number of carbonyl (C=O) groups is 1. The molecule has 0 saturated carbocycles. The first-order valence-electron chi connectivity index (χ1n) is 15.6. The number of nitrogens with zero attached hydrogens (tertiary/aromatic N) is 1. The summed E-state index contributed by atoms with van der Waals surface area (Å²) in [6.45, 7) is 13.7. The second-order valence-electron chi connectivity index (χ2n) is 13.6. The van der Waals surface area contributed by atoms with Gasteiger partial charge in [-0.05, 0) is 75.1 Å². The average molecular weight is 552 g/mol. The van der Waals surface area contributed by atoms with Crippen LogP contribution in [0.3, 0.4) is 0 Å². The van der Waals surface area contributed by atoms with E-state index in [9.17, 15) is 9.90 Å². The topological polar surface area (TPSA) is 49.8 Å². The Morgan fingerprint density at radius 1 is 0.829 bits per heavy atom. The number of fused-ring (bicyclic) bond motifs is 5. The summed E-state index contributed by atoms with van der Waals surface area (Å²) in [7, 11) is 0. The third-order valence-electron chi connectivity index (χ3n) is 9.91. The van der Waals surface area contributed by atoms with Crippen molar-refractivity contribution in [3.05, 3.63) is 94.0 Å². The Hall–Kier alpha value is -3.11. The van der Waals surface area contributed by atoms with Gasteiger partial charge in [-0.2, -0.15) is 0 Å². The van der Waals surface area contributed by atoms with Crippen molar-refractivity contribution >= 4 is 6.09 Å². The maximum Gasteiger partial charge on any atom is 0.410 e. The summed E-state index contributed by atoms with van der Waals surface area (Å²) in [5, 5.41) is 12.5. The van der Waals surface area contributed by atoms with Crippen LogP contribution in [0.1, 0.15) is 124 Å². The fourth-order valence-electron chi connectivity index (χ4n) is 7.89. The van der Waals surface area contributed by atoms with Gasteiger partial charge in [0.1, 0.15) is 6.61 Å². The number of hydrogen-bond donors (Lipinski definition) is 1. The molecule has 2 bridgehead atoms. The fraction of sp³-hybridized carbons (Fsp3) is 0.486. The van der Waals surface area contributed by atoms with E-state index in [-0.39, 0.29) is 24.1 Å². The van der Waals surface area contributed by atoms with Crippen LogP contribution in [0, 0.1) is 0 Å². The monoisotopic (exact) mass is 551 g/mol. The lowest BCUT2D eigenvalue weighted by Gasteiger charge is -2.45. The molecule has 4 nitrogen and oxygen atoms in total. The van der Waals surface area contributed by atoms with Crippen molar-refractivity contribution in [2.75, 3.05) is 6.61 Å². The number of amides is 1. The van der Waals surface area contributed by atoms with Crippen molar-refractivity contribution < 1.29 is 14.6 Å². The third-order valence-corrected chi connectivity index (χ3v) is 9.91. The highest BCUT2D eigenvalue weighted by Gasteiger charge is 2.52. The molecule has 2 unspecified atom stereocenters. The second-order valence-corrected chi connectivity index (χ2v) is 13.6. The van der Waals surface area contributed by atoms with E-state index in [0.717, 1.165) is 18.4 Å². The quantitative estimate of drug-likeness (QED) is 0.333. The molecule has 3 aliphatic rings. The second kappa shape index (κ2) is 10.6. The van der Waals surface area contributed by atoms with Gasteiger partial charge in [0, 0.05) is 30.8 Å². The Kier molecular flexibility index (Phi) is 7.26. The van der Waals surface area contributed by atoms with Crippen LogP contribution in [0.2, 0.25) is 0 Å². The van der Waals surface area contributed by atoms with Crippen molar-refractivity contribution in [3.8, 4) is 11.1 Å². The van der Waals surface area contributed by atoms with Gasteiger partial charge in [0.25, 0.3) is 0 Å². The molecule has 2 atom stereocenters. The van der Waals surface area contributed by atoms with E-state index < -0.39 is 5.60 Å². The summed E-state index contributed by atoms with van der Waals surface area (Å²) < 4.78 is 6.11. The van der Waals surface area contributed by atoms with Crippen molar-refractivity contribution in [1.29, 1.82) is 0 Å². The molecule has 0 aromatic heterocycles. The lowest BCUT2D eigenvalue weighted by Crippen LogP contribution is -2.52. The predicted molar refractivity (Wildman–Crippen MR) is 166 cm³/mol. The van der Waals surface area contributed by atoms with E-state index in [2.05, 4.69) is 102 Å². The van der Waals surface area contributed by atoms with Crippen LogP contribution in [0.5, 0.6) is 0 Å². The van der Waals surface area contributed by atoms with E-state index in [1.807, 2.05) is 4.90 Å². The molecule has 4 heteroatoms. The summed E-state index contributed by atoms with van der Waals surface area (Å²) >= 11 is 0. The minimum Gasteiger partial charge on any atom is -0.448 e. The van der Waals surface area contributed by atoms with Crippen molar-refractivity contribution in [2.24, 2.45) is 0 Å². The summed E-state index contributed by atoms with van der Waals surface area (Å²) in [4.78, 5) is 15.6. The van der Waals surface area contributed by atoms with Crippen molar-refractivity contribution in [3.63, 3.8) is 0 Å². The Balaban J connectivity index is 1.25. The minimum atomic E-state index is -0.944. The largest absolute Gasteiger partial charge is 0.448 e. The third kappa shape index (κ3) is 4.78. The molecule has 0 radical (unpaired) electrons. The molecule has 0 spiro atoms. The molecule has 2 heterocycles. The van der Waals surface area contributed by atoms with Gasteiger partial charge in [-0.1, -0.05) is 102 Å². The highest BCUT2D eigenvalue weighted by atomic mass is 16.6. The molecule has 2 saturated heterocycles. The van der Waals surface area contributed by atoms with Crippen molar-refractivity contribution in [1.82, 2.24) is 4.90 Å². The van der Waals surface area contributed by atoms with Gasteiger partial charge in [0.15, 0.2) is 0 Å². The Bertz CT molecular complexity index is 1370. The summed E-state index contributed by atoms with van der Waals surface area (Å²) in [6, 6.07) is 21.5. The molecule has 3 aromatic carbocycles. The maximum absolute atomic E-state index is 13.7. The van der Waals surface area contributed by atoms with E-state index in [1.54, 1.807) is 0 Å². The van der Waals surface area contributed by atoms with Crippen LogP contribution < -0.4 is 0 Å². The van der Waals surface area contributed by atoms with Gasteiger partial charge in [-0.3, -0.25) is 0 Å². The van der Waals surface area contributed by atoms with Crippen LogP contribution in [0.15, 0.2) is 60.7 Å². The Morgan fingerprint density at radius 2 is 1.32 bits per heavy atom. The molecular weight excluding hydrogens is 506 g/mol. The van der Waals surface area contributed by atoms with Gasteiger partial charge >= 0.3 is 6.09 Å². The summed E-state index contributed by atoms with van der Waals surface area (Å²) in [5.41, 5.74) is 8.96. The SMILES string of the molecule is CC(C)c1cc(C(C)C)c(C2(O)CC3CCC(C2)N3C(=O)OCC2c3ccccc3-c3ccccc32)c(C(C)C)c1. The number of benzene rings is 3.